The summed E-state index contributed by atoms with van der Waals surface area (Å²) in [7, 11) is 4.34. The first-order valence-electron chi connectivity index (χ1n) is 6.89. The zero-order valence-electron chi connectivity index (χ0n) is 10.9. The van der Waals surface area contributed by atoms with Crippen molar-refractivity contribution >= 4 is 0 Å². The van der Waals surface area contributed by atoms with Gasteiger partial charge in [-0.2, -0.15) is 0 Å². The van der Waals surface area contributed by atoms with Crippen molar-refractivity contribution in [3.63, 3.8) is 0 Å². The first-order chi connectivity index (χ1) is 7.77. The minimum absolute atomic E-state index is 0.793. The number of rotatable bonds is 4. The van der Waals surface area contributed by atoms with E-state index in [1.165, 1.54) is 58.3 Å². The van der Waals surface area contributed by atoms with E-state index < -0.39 is 0 Å². The number of fused-ring (bicyclic) bond motifs is 1. The highest BCUT2D eigenvalue weighted by Gasteiger charge is 2.32. The van der Waals surface area contributed by atoms with Gasteiger partial charge in [0.15, 0.2) is 0 Å². The van der Waals surface area contributed by atoms with Crippen molar-refractivity contribution in [2.24, 2.45) is 0 Å². The molecule has 2 rings (SSSR count). The van der Waals surface area contributed by atoms with Crippen LogP contribution in [0.1, 0.15) is 32.1 Å². The minimum atomic E-state index is 0.793. The van der Waals surface area contributed by atoms with E-state index in [4.69, 9.17) is 0 Å². The topological polar surface area (TPSA) is 18.5 Å². The lowest BCUT2D eigenvalue weighted by Crippen LogP contribution is -2.59. The Kier molecular flexibility index (Phi) is 4.62. The van der Waals surface area contributed by atoms with Crippen LogP contribution in [0.15, 0.2) is 0 Å². The average Bonchev–Trinajstić information content (AvgIpc) is 2.29. The number of nitrogens with one attached hydrogen (secondary N) is 1. The second kappa shape index (κ2) is 5.99. The molecule has 3 heteroatoms. The summed E-state index contributed by atoms with van der Waals surface area (Å²) >= 11 is 0. The number of piperazine rings is 1. The number of hydrogen-bond acceptors (Lipinski definition) is 3. The highest BCUT2D eigenvalue weighted by molar-refractivity contribution is 4.91. The highest BCUT2D eigenvalue weighted by atomic mass is 15.2. The molecule has 0 amide bonds. The Balaban J connectivity index is 1.78. The van der Waals surface area contributed by atoms with Crippen molar-refractivity contribution in [1.29, 1.82) is 0 Å². The van der Waals surface area contributed by atoms with Crippen molar-refractivity contribution in [2.45, 2.75) is 44.2 Å². The molecule has 0 bridgehead atoms. The van der Waals surface area contributed by atoms with Crippen LogP contribution in [0.4, 0.5) is 0 Å². The first kappa shape index (κ1) is 12.3. The molecule has 1 saturated heterocycles. The molecule has 1 heterocycles. The Morgan fingerprint density at radius 1 is 1.25 bits per heavy atom. The zero-order chi connectivity index (χ0) is 11.4. The van der Waals surface area contributed by atoms with Crippen molar-refractivity contribution in [3.8, 4) is 0 Å². The van der Waals surface area contributed by atoms with Gasteiger partial charge in [0.25, 0.3) is 0 Å². The second-order valence-corrected chi connectivity index (χ2v) is 5.61. The summed E-state index contributed by atoms with van der Waals surface area (Å²) in [6, 6.07) is 1.63. The standard InChI is InChI=1S/C13H27N3/c1-15(2)9-5-10-16-11-8-14-12-6-3-4-7-13(12)16/h12-14H,3-11H2,1-2H3/t12-,13-/m1/s1. The van der Waals surface area contributed by atoms with Gasteiger partial charge in [0.1, 0.15) is 0 Å². The molecule has 2 fully saturated rings. The molecule has 2 atom stereocenters. The van der Waals surface area contributed by atoms with Gasteiger partial charge in [-0.15, -0.1) is 0 Å². The lowest BCUT2D eigenvalue weighted by atomic mass is 9.87. The SMILES string of the molecule is CN(C)CCCN1CCN[C@@H]2CCCC[C@H]21. The van der Waals surface area contributed by atoms with Gasteiger partial charge in [0.05, 0.1) is 0 Å². The molecule has 3 nitrogen and oxygen atoms in total. The van der Waals surface area contributed by atoms with E-state index >= 15 is 0 Å². The normalized spacial score (nSPS) is 31.7. The molecule has 1 N–H and O–H groups in total. The number of nitrogens with zero attached hydrogens (tertiary/aromatic N) is 2. The van der Waals surface area contributed by atoms with Crippen LogP contribution in [0.25, 0.3) is 0 Å². The average molecular weight is 225 g/mol. The maximum atomic E-state index is 3.70. The molecule has 1 aliphatic heterocycles. The van der Waals surface area contributed by atoms with Crippen LogP contribution in [-0.2, 0) is 0 Å². The van der Waals surface area contributed by atoms with E-state index in [0.29, 0.717) is 0 Å². The van der Waals surface area contributed by atoms with Gasteiger partial charge in [0.2, 0.25) is 0 Å². The van der Waals surface area contributed by atoms with E-state index in [1.54, 1.807) is 0 Å². The molecular formula is C13H27N3. The molecule has 1 aliphatic carbocycles. The van der Waals surface area contributed by atoms with Gasteiger partial charge in [0, 0.05) is 25.2 Å². The van der Waals surface area contributed by atoms with Crippen LogP contribution in [0.3, 0.4) is 0 Å². The molecule has 0 aromatic carbocycles. The first-order valence-corrected chi connectivity index (χ1v) is 6.89. The summed E-state index contributed by atoms with van der Waals surface area (Å²) in [6.07, 6.45) is 7.00. The quantitative estimate of drug-likeness (QED) is 0.774. The third-order valence-electron chi connectivity index (χ3n) is 4.05. The third-order valence-corrected chi connectivity index (χ3v) is 4.05. The van der Waals surface area contributed by atoms with Gasteiger partial charge in [-0.05, 0) is 46.4 Å². The van der Waals surface area contributed by atoms with Gasteiger partial charge in [-0.1, -0.05) is 12.8 Å². The minimum Gasteiger partial charge on any atom is -0.311 e. The second-order valence-electron chi connectivity index (χ2n) is 5.61. The fourth-order valence-electron chi connectivity index (χ4n) is 3.21. The lowest BCUT2D eigenvalue weighted by molar-refractivity contribution is 0.0851. The molecule has 0 aromatic heterocycles. The Morgan fingerprint density at radius 2 is 2.06 bits per heavy atom. The Morgan fingerprint density at radius 3 is 2.88 bits per heavy atom. The van der Waals surface area contributed by atoms with Gasteiger partial charge < -0.3 is 10.2 Å². The molecule has 0 unspecified atom stereocenters. The third kappa shape index (κ3) is 3.19. The predicted molar refractivity (Wildman–Crippen MR) is 68.8 cm³/mol. The highest BCUT2D eigenvalue weighted by Crippen LogP contribution is 2.25. The van der Waals surface area contributed by atoms with Gasteiger partial charge >= 0.3 is 0 Å². The number of hydrogen-bond donors (Lipinski definition) is 1. The molecule has 16 heavy (non-hydrogen) atoms. The molecular weight excluding hydrogens is 198 g/mol. The summed E-state index contributed by atoms with van der Waals surface area (Å²) < 4.78 is 0. The zero-order valence-corrected chi connectivity index (χ0v) is 10.9. The van der Waals surface area contributed by atoms with Crippen LogP contribution in [0, 0.1) is 0 Å². The summed E-state index contributed by atoms with van der Waals surface area (Å²) in [6.45, 7) is 4.97. The van der Waals surface area contributed by atoms with Gasteiger partial charge in [-0.25, -0.2) is 0 Å². The van der Waals surface area contributed by atoms with Crippen molar-refractivity contribution in [3.05, 3.63) is 0 Å². The van der Waals surface area contributed by atoms with Gasteiger partial charge in [-0.3, -0.25) is 4.90 Å². The molecule has 1 saturated carbocycles. The summed E-state index contributed by atoms with van der Waals surface area (Å²) in [5.41, 5.74) is 0. The van der Waals surface area contributed by atoms with Crippen molar-refractivity contribution in [2.75, 3.05) is 40.3 Å². The predicted octanol–water partition coefficient (Wildman–Crippen LogP) is 1.15. The maximum absolute atomic E-state index is 3.70. The van der Waals surface area contributed by atoms with Crippen LogP contribution in [-0.4, -0.2) is 62.2 Å². The summed E-state index contributed by atoms with van der Waals surface area (Å²) in [4.78, 5) is 5.03. The van der Waals surface area contributed by atoms with E-state index in [9.17, 15) is 0 Å². The molecule has 0 aromatic rings. The summed E-state index contributed by atoms with van der Waals surface area (Å²) in [5.74, 6) is 0. The molecule has 0 spiro atoms. The largest absolute Gasteiger partial charge is 0.311 e. The smallest absolute Gasteiger partial charge is 0.0249 e. The maximum Gasteiger partial charge on any atom is 0.0249 e. The van der Waals surface area contributed by atoms with Crippen LogP contribution in [0.2, 0.25) is 0 Å². The molecule has 0 radical (unpaired) electrons. The van der Waals surface area contributed by atoms with Crippen LogP contribution >= 0.6 is 0 Å². The van der Waals surface area contributed by atoms with E-state index in [0.717, 1.165) is 12.1 Å². The molecule has 94 valence electrons. The Bertz CT molecular complexity index is 203. The van der Waals surface area contributed by atoms with Crippen molar-refractivity contribution < 1.29 is 0 Å². The Labute approximate surface area is 100 Å². The summed E-state index contributed by atoms with van der Waals surface area (Å²) in [5, 5.41) is 3.70. The fraction of sp³-hybridized carbons (Fsp3) is 1.00. The lowest BCUT2D eigenvalue weighted by Gasteiger charge is -2.44. The van der Waals surface area contributed by atoms with E-state index in [1.807, 2.05) is 0 Å². The monoisotopic (exact) mass is 225 g/mol. The van der Waals surface area contributed by atoms with Crippen molar-refractivity contribution in [1.82, 2.24) is 15.1 Å². The van der Waals surface area contributed by atoms with E-state index in [2.05, 4.69) is 29.2 Å². The van der Waals surface area contributed by atoms with Crippen LogP contribution < -0.4 is 5.32 Å². The van der Waals surface area contributed by atoms with E-state index in [-0.39, 0.29) is 0 Å². The molecule has 2 aliphatic rings. The van der Waals surface area contributed by atoms with Crippen LogP contribution in [0.5, 0.6) is 0 Å². The fourth-order valence-corrected chi connectivity index (χ4v) is 3.21. The Hall–Kier alpha value is -0.120.